The normalized spacial score (nSPS) is 10.9. The summed E-state index contributed by atoms with van der Waals surface area (Å²) in [7, 11) is 0. The number of halogens is 1. The van der Waals surface area contributed by atoms with E-state index in [1.165, 1.54) is 23.9 Å². The fourth-order valence-corrected chi connectivity index (χ4v) is 4.04. The van der Waals surface area contributed by atoms with Crippen LogP contribution in [0.25, 0.3) is 17.1 Å². The maximum Gasteiger partial charge on any atom is 0.269 e. The Kier molecular flexibility index (Phi) is 5.78. The minimum atomic E-state index is -0.406. The molecule has 0 radical (unpaired) electrons. The van der Waals surface area contributed by atoms with Crippen LogP contribution in [0.4, 0.5) is 5.69 Å². The predicted molar refractivity (Wildman–Crippen MR) is 117 cm³/mol. The number of thioether (sulfide) groups is 1. The van der Waals surface area contributed by atoms with E-state index in [1.807, 2.05) is 41.8 Å². The summed E-state index contributed by atoms with van der Waals surface area (Å²) >= 11 is 7.87. The van der Waals surface area contributed by atoms with Crippen molar-refractivity contribution in [2.75, 3.05) is 0 Å². The third-order valence-corrected chi connectivity index (χ3v) is 5.98. The lowest BCUT2D eigenvalue weighted by Gasteiger charge is -2.14. The van der Waals surface area contributed by atoms with E-state index in [9.17, 15) is 10.1 Å². The third-order valence-electron chi connectivity index (χ3n) is 4.57. The van der Waals surface area contributed by atoms with Crippen LogP contribution in [-0.4, -0.2) is 24.7 Å². The van der Waals surface area contributed by atoms with E-state index in [1.54, 1.807) is 24.5 Å². The Balaban J connectivity index is 1.72. The first-order valence-corrected chi connectivity index (χ1v) is 10.4. The first-order chi connectivity index (χ1) is 14.5. The number of aromatic nitrogens is 4. The van der Waals surface area contributed by atoms with Crippen LogP contribution in [0.15, 0.2) is 72.1 Å². The molecule has 30 heavy (non-hydrogen) atoms. The lowest BCUT2D eigenvalue weighted by Crippen LogP contribution is -2.02. The van der Waals surface area contributed by atoms with Gasteiger partial charge in [-0.25, -0.2) is 0 Å². The number of nitrogens with zero attached hydrogens (tertiary/aromatic N) is 5. The van der Waals surface area contributed by atoms with Gasteiger partial charge in [0.1, 0.15) is 0 Å². The smallest absolute Gasteiger partial charge is 0.269 e. The summed E-state index contributed by atoms with van der Waals surface area (Å²) in [5.41, 5.74) is 3.73. The highest BCUT2D eigenvalue weighted by atomic mass is 35.5. The van der Waals surface area contributed by atoms with Crippen LogP contribution in [0.3, 0.4) is 0 Å². The molecule has 2 aromatic carbocycles. The Morgan fingerprint density at radius 3 is 2.50 bits per heavy atom. The fourth-order valence-electron chi connectivity index (χ4n) is 2.97. The van der Waals surface area contributed by atoms with Crippen LogP contribution in [-0.2, 0) is 5.75 Å². The molecule has 0 saturated carbocycles. The molecule has 2 aromatic heterocycles. The molecule has 0 bridgehead atoms. The van der Waals surface area contributed by atoms with Crippen LogP contribution in [0.1, 0.15) is 11.1 Å². The van der Waals surface area contributed by atoms with E-state index in [-0.39, 0.29) is 5.69 Å². The Bertz CT molecular complexity index is 1200. The Labute approximate surface area is 181 Å². The Morgan fingerprint density at radius 2 is 1.80 bits per heavy atom. The highest BCUT2D eigenvalue weighted by molar-refractivity contribution is 7.98. The SMILES string of the molecule is Cc1c(Cl)cccc1-n1c(SCc2ccc([N+](=O)[O-])cc2)nnc1-c1ccncc1. The topological polar surface area (TPSA) is 86.7 Å². The molecule has 0 aliphatic heterocycles. The molecule has 0 fully saturated rings. The molecule has 150 valence electrons. The van der Waals surface area contributed by atoms with Crippen molar-refractivity contribution in [2.24, 2.45) is 0 Å². The molecule has 0 aliphatic rings. The predicted octanol–water partition coefficient (Wildman–Crippen LogP) is 5.49. The zero-order chi connectivity index (χ0) is 21.1. The van der Waals surface area contributed by atoms with E-state index < -0.39 is 4.92 Å². The average molecular weight is 438 g/mol. The van der Waals surface area contributed by atoms with Crippen LogP contribution >= 0.6 is 23.4 Å². The summed E-state index contributed by atoms with van der Waals surface area (Å²) < 4.78 is 1.98. The number of pyridine rings is 1. The van der Waals surface area contributed by atoms with Crippen molar-refractivity contribution < 1.29 is 4.92 Å². The van der Waals surface area contributed by atoms with E-state index in [4.69, 9.17) is 11.6 Å². The molecule has 4 rings (SSSR count). The van der Waals surface area contributed by atoms with E-state index in [0.29, 0.717) is 21.8 Å². The van der Waals surface area contributed by atoms with E-state index in [2.05, 4.69) is 15.2 Å². The van der Waals surface area contributed by atoms with Gasteiger partial charge in [0.25, 0.3) is 5.69 Å². The van der Waals surface area contributed by atoms with Crippen LogP contribution < -0.4 is 0 Å². The molecule has 0 spiro atoms. The minimum absolute atomic E-state index is 0.0708. The second-order valence-corrected chi connectivity index (χ2v) is 7.82. The fraction of sp³-hybridized carbons (Fsp3) is 0.0952. The number of hydrogen-bond donors (Lipinski definition) is 0. The second kappa shape index (κ2) is 8.64. The largest absolute Gasteiger partial charge is 0.270 e. The van der Waals surface area contributed by atoms with Gasteiger partial charge in [-0.3, -0.25) is 19.7 Å². The maximum absolute atomic E-state index is 10.9. The number of benzene rings is 2. The number of nitro groups is 1. The zero-order valence-corrected chi connectivity index (χ0v) is 17.5. The summed E-state index contributed by atoms with van der Waals surface area (Å²) in [6.07, 6.45) is 3.42. The first-order valence-electron chi connectivity index (χ1n) is 9.02. The van der Waals surface area contributed by atoms with Gasteiger partial charge in [0, 0.05) is 40.9 Å². The molecule has 7 nitrogen and oxygen atoms in total. The molecule has 0 N–H and O–H groups in total. The summed E-state index contributed by atoms with van der Waals surface area (Å²) in [6, 6.07) is 16.0. The number of non-ortho nitro benzene ring substituents is 1. The Hall–Kier alpha value is -3.23. The van der Waals surface area contributed by atoms with Gasteiger partial charge in [-0.1, -0.05) is 41.6 Å². The van der Waals surface area contributed by atoms with Crippen molar-refractivity contribution >= 4 is 29.1 Å². The summed E-state index contributed by atoms with van der Waals surface area (Å²) in [6.45, 7) is 1.96. The van der Waals surface area contributed by atoms with Gasteiger partial charge in [-0.2, -0.15) is 0 Å². The van der Waals surface area contributed by atoms with E-state index in [0.717, 1.165) is 22.4 Å². The molecular formula is C21H16ClN5O2S. The Morgan fingerprint density at radius 1 is 1.07 bits per heavy atom. The summed E-state index contributed by atoms with van der Waals surface area (Å²) in [5, 5.41) is 21.0. The van der Waals surface area contributed by atoms with Crippen molar-refractivity contribution in [3.8, 4) is 17.1 Å². The molecular weight excluding hydrogens is 422 g/mol. The molecule has 0 aliphatic carbocycles. The highest BCUT2D eigenvalue weighted by Crippen LogP contribution is 2.32. The highest BCUT2D eigenvalue weighted by Gasteiger charge is 2.18. The third kappa shape index (κ3) is 4.05. The standard InChI is InChI=1S/C21H16ClN5O2S/c1-14-18(22)3-2-4-19(14)26-20(16-9-11-23-12-10-16)24-25-21(26)30-13-15-5-7-17(8-6-15)27(28)29/h2-12H,13H2,1H3. The van der Waals surface area contributed by atoms with Crippen molar-refractivity contribution in [1.82, 2.24) is 19.7 Å². The van der Waals surface area contributed by atoms with Gasteiger partial charge >= 0.3 is 0 Å². The summed E-state index contributed by atoms with van der Waals surface area (Å²) in [5.74, 6) is 1.28. The van der Waals surface area contributed by atoms with E-state index >= 15 is 0 Å². The minimum Gasteiger partial charge on any atom is -0.270 e. The molecule has 4 aromatic rings. The zero-order valence-electron chi connectivity index (χ0n) is 15.9. The van der Waals surface area contributed by atoms with Crippen molar-refractivity contribution in [3.63, 3.8) is 0 Å². The maximum atomic E-state index is 10.9. The first kappa shape index (κ1) is 20.1. The second-order valence-electron chi connectivity index (χ2n) is 6.47. The van der Waals surface area contributed by atoms with Gasteiger partial charge in [0.15, 0.2) is 11.0 Å². The van der Waals surface area contributed by atoms with Gasteiger partial charge in [0.05, 0.1) is 10.6 Å². The van der Waals surface area contributed by atoms with Gasteiger partial charge < -0.3 is 0 Å². The van der Waals surface area contributed by atoms with Crippen LogP contribution in [0.2, 0.25) is 5.02 Å². The lowest BCUT2D eigenvalue weighted by atomic mass is 10.2. The van der Waals surface area contributed by atoms with Crippen molar-refractivity contribution in [1.29, 1.82) is 0 Å². The monoisotopic (exact) mass is 437 g/mol. The van der Waals surface area contributed by atoms with Crippen LogP contribution in [0.5, 0.6) is 0 Å². The molecule has 0 saturated heterocycles. The van der Waals surface area contributed by atoms with Gasteiger partial charge in [0.2, 0.25) is 0 Å². The number of hydrogen-bond acceptors (Lipinski definition) is 6. The lowest BCUT2D eigenvalue weighted by molar-refractivity contribution is -0.384. The molecule has 2 heterocycles. The number of nitro benzene ring substituents is 1. The van der Waals surface area contributed by atoms with Crippen molar-refractivity contribution in [3.05, 3.63) is 93.3 Å². The van der Waals surface area contributed by atoms with Crippen molar-refractivity contribution in [2.45, 2.75) is 17.8 Å². The summed E-state index contributed by atoms with van der Waals surface area (Å²) in [4.78, 5) is 14.5. The van der Waals surface area contributed by atoms with Gasteiger partial charge in [-0.05, 0) is 42.3 Å². The molecule has 0 unspecified atom stereocenters. The number of rotatable bonds is 6. The molecule has 0 amide bonds. The molecule has 9 heteroatoms. The average Bonchev–Trinajstić information content (AvgIpc) is 3.19. The molecule has 0 atom stereocenters. The van der Waals surface area contributed by atoms with Crippen LogP contribution in [0, 0.1) is 17.0 Å². The quantitative estimate of drug-likeness (QED) is 0.225. The van der Waals surface area contributed by atoms with Gasteiger partial charge in [-0.15, -0.1) is 10.2 Å².